The number of aryl methyl sites for hydroxylation is 2. The highest BCUT2D eigenvalue weighted by molar-refractivity contribution is 7.13. The molecule has 4 aliphatic rings. The number of hydrogen-bond donors (Lipinski definition) is 4. The zero-order valence-corrected chi connectivity index (χ0v) is 25.4. The van der Waals surface area contributed by atoms with Gasteiger partial charge in [-0.25, -0.2) is 4.98 Å². The maximum Gasteiger partial charge on any atom is 0.287 e. The third-order valence-corrected chi connectivity index (χ3v) is 10.1. The molecule has 0 saturated heterocycles. The fourth-order valence-electron chi connectivity index (χ4n) is 7.29. The summed E-state index contributed by atoms with van der Waals surface area (Å²) in [5.41, 5.74) is -0.147. The fraction of sp³-hybridized carbons (Fsp3) is 0.567. The van der Waals surface area contributed by atoms with Crippen molar-refractivity contribution >= 4 is 46.4 Å². The van der Waals surface area contributed by atoms with Crippen LogP contribution in [0.1, 0.15) is 65.3 Å². The molecule has 0 radical (unpaired) electrons. The van der Waals surface area contributed by atoms with Crippen LogP contribution in [0, 0.1) is 37.5 Å². The van der Waals surface area contributed by atoms with Crippen molar-refractivity contribution in [3.05, 3.63) is 44.3 Å². The van der Waals surface area contributed by atoms with E-state index < -0.39 is 35.1 Å². The number of thiazole rings is 1. The van der Waals surface area contributed by atoms with E-state index in [4.69, 9.17) is 0 Å². The summed E-state index contributed by atoms with van der Waals surface area (Å²) in [6, 6.07) is 1.89. The number of rotatable bonds is 11. The van der Waals surface area contributed by atoms with Crippen LogP contribution in [0.3, 0.4) is 0 Å². The molecule has 12 nitrogen and oxygen atoms in total. The summed E-state index contributed by atoms with van der Waals surface area (Å²) in [5.74, 6) is -0.508. The smallest absolute Gasteiger partial charge is 0.287 e. The number of anilines is 1. The SMILES string of the molecule is CNC(=O)C(=O)CCC(NC(=O)c1sc(C)nc1C)C(=O)Nc1cccn(CC(=O)NC2C3CC4CC(C3)CC2C4)c1=O. The summed E-state index contributed by atoms with van der Waals surface area (Å²) < 4.78 is 1.24. The van der Waals surface area contributed by atoms with Crippen LogP contribution >= 0.6 is 11.3 Å². The van der Waals surface area contributed by atoms with Crippen LogP contribution in [0.5, 0.6) is 0 Å². The number of carbonyl (C=O) groups is 5. The minimum Gasteiger partial charge on any atom is -0.353 e. The molecule has 4 saturated carbocycles. The van der Waals surface area contributed by atoms with Crippen LogP contribution in [-0.2, 0) is 25.7 Å². The molecule has 6 rings (SSSR count). The number of nitrogens with one attached hydrogen (secondary N) is 4. The van der Waals surface area contributed by atoms with Crippen LogP contribution in [0.4, 0.5) is 5.69 Å². The number of carbonyl (C=O) groups excluding carboxylic acids is 5. The van der Waals surface area contributed by atoms with Crippen molar-refractivity contribution in [2.75, 3.05) is 12.4 Å². The van der Waals surface area contributed by atoms with Gasteiger partial charge in [0.05, 0.1) is 10.7 Å². The summed E-state index contributed by atoms with van der Waals surface area (Å²) >= 11 is 1.17. The van der Waals surface area contributed by atoms with E-state index in [1.165, 1.54) is 41.6 Å². The van der Waals surface area contributed by atoms with E-state index >= 15 is 0 Å². The molecule has 0 aliphatic heterocycles. The van der Waals surface area contributed by atoms with E-state index in [0.29, 0.717) is 27.4 Å². The molecule has 4 amide bonds. The van der Waals surface area contributed by atoms with E-state index in [1.807, 2.05) is 0 Å². The Bertz CT molecular complexity index is 1470. The number of amides is 4. The first-order chi connectivity index (χ1) is 20.5. The van der Waals surface area contributed by atoms with E-state index in [0.717, 1.165) is 37.5 Å². The van der Waals surface area contributed by atoms with Crippen molar-refractivity contribution < 1.29 is 24.0 Å². The zero-order chi connectivity index (χ0) is 30.8. The average Bonchev–Trinajstić information content (AvgIpc) is 3.31. The first-order valence-corrected chi connectivity index (χ1v) is 15.6. The van der Waals surface area contributed by atoms with Gasteiger partial charge in [-0.05, 0) is 88.2 Å². The van der Waals surface area contributed by atoms with Gasteiger partial charge >= 0.3 is 0 Å². The predicted octanol–water partition coefficient (Wildman–Crippen LogP) is 1.69. The summed E-state index contributed by atoms with van der Waals surface area (Å²) in [6.45, 7) is 3.24. The van der Waals surface area contributed by atoms with E-state index in [2.05, 4.69) is 26.3 Å². The molecule has 2 heterocycles. The first-order valence-electron chi connectivity index (χ1n) is 14.8. The predicted molar refractivity (Wildman–Crippen MR) is 159 cm³/mol. The Labute approximate surface area is 253 Å². The Morgan fingerprint density at radius 2 is 1.72 bits per heavy atom. The Hall–Kier alpha value is -3.87. The molecule has 0 spiro atoms. The number of hydrogen-bond acceptors (Lipinski definition) is 8. The van der Waals surface area contributed by atoms with Gasteiger partial charge in [-0.15, -0.1) is 11.3 Å². The van der Waals surface area contributed by atoms with Gasteiger partial charge in [0.2, 0.25) is 17.6 Å². The third kappa shape index (κ3) is 6.87. The lowest BCUT2D eigenvalue weighted by Gasteiger charge is -2.54. The lowest BCUT2D eigenvalue weighted by Crippen LogP contribution is -2.56. The quantitative estimate of drug-likeness (QED) is 0.281. The van der Waals surface area contributed by atoms with Crippen LogP contribution < -0.4 is 26.8 Å². The number of ketones is 1. The second-order valence-electron chi connectivity index (χ2n) is 12.1. The minimum absolute atomic E-state index is 0.0726. The largest absolute Gasteiger partial charge is 0.353 e. The van der Waals surface area contributed by atoms with E-state index in [-0.39, 0.29) is 37.0 Å². The van der Waals surface area contributed by atoms with Crippen molar-refractivity contribution in [1.29, 1.82) is 0 Å². The molecule has 2 aromatic heterocycles. The lowest BCUT2D eigenvalue weighted by molar-refractivity contribution is -0.137. The fourth-order valence-corrected chi connectivity index (χ4v) is 8.11. The number of nitrogens with zero attached hydrogens (tertiary/aromatic N) is 2. The zero-order valence-electron chi connectivity index (χ0n) is 24.6. The van der Waals surface area contributed by atoms with Crippen molar-refractivity contribution in [1.82, 2.24) is 25.5 Å². The average molecular weight is 611 g/mol. The van der Waals surface area contributed by atoms with Crippen LogP contribution in [0.25, 0.3) is 0 Å². The number of aromatic nitrogens is 2. The molecule has 4 N–H and O–H groups in total. The molecule has 4 bridgehead atoms. The highest BCUT2D eigenvalue weighted by Crippen LogP contribution is 2.53. The molecular weight excluding hydrogens is 572 g/mol. The standard InChI is InChI=1S/C30H38N6O6S/c1-15-26(43-16(2)32-15)29(41)33-21(6-7-23(37)28(40)31-3)27(39)34-22-5-4-8-36(30(22)42)14-24(38)35-25-19-10-17-9-18(12-19)13-20(25)11-17/h4-5,8,17-21,25H,6-7,9-14H2,1-3H3,(H,31,40)(H,33,41)(H,34,39)(H,35,38). The van der Waals surface area contributed by atoms with E-state index in [9.17, 15) is 28.8 Å². The molecule has 1 unspecified atom stereocenters. The second kappa shape index (κ2) is 12.8. The van der Waals surface area contributed by atoms with Gasteiger partial charge in [0.25, 0.3) is 17.4 Å². The van der Waals surface area contributed by atoms with Gasteiger partial charge in [0.1, 0.15) is 23.2 Å². The van der Waals surface area contributed by atoms with Gasteiger partial charge in [0.15, 0.2) is 0 Å². The van der Waals surface area contributed by atoms with Crippen molar-refractivity contribution in [2.24, 2.45) is 23.7 Å². The molecule has 0 aromatic carbocycles. The van der Waals surface area contributed by atoms with Gasteiger partial charge in [-0.2, -0.15) is 0 Å². The summed E-state index contributed by atoms with van der Waals surface area (Å²) in [4.78, 5) is 81.0. The van der Waals surface area contributed by atoms with Crippen molar-refractivity contribution in [3.63, 3.8) is 0 Å². The maximum atomic E-state index is 13.3. The summed E-state index contributed by atoms with van der Waals surface area (Å²) in [5, 5.41) is 11.3. The van der Waals surface area contributed by atoms with Crippen molar-refractivity contribution in [3.8, 4) is 0 Å². The van der Waals surface area contributed by atoms with Crippen LogP contribution in [0.2, 0.25) is 0 Å². The molecule has 1 atom stereocenters. The number of likely N-dealkylation sites (N-methyl/N-ethyl adjacent to an activating group) is 1. The molecule has 4 aliphatic carbocycles. The molecule has 4 fully saturated rings. The Morgan fingerprint density at radius 3 is 2.33 bits per heavy atom. The van der Waals surface area contributed by atoms with Gasteiger partial charge in [-0.1, -0.05) is 0 Å². The molecular formula is C30H38N6O6S. The number of Topliss-reactive ketones (excluding diaryl/α,β-unsaturated/α-hetero) is 1. The first kappa shape index (κ1) is 30.6. The molecule has 13 heteroatoms. The van der Waals surface area contributed by atoms with Gasteiger partial charge in [0, 0.05) is 25.7 Å². The highest BCUT2D eigenvalue weighted by atomic mass is 32.1. The maximum absolute atomic E-state index is 13.3. The topological polar surface area (TPSA) is 168 Å². The number of pyridine rings is 1. The molecule has 43 heavy (non-hydrogen) atoms. The van der Waals surface area contributed by atoms with Crippen LogP contribution in [-0.4, -0.2) is 58.1 Å². The lowest BCUT2D eigenvalue weighted by atomic mass is 9.54. The highest BCUT2D eigenvalue weighted by Gasteiger charge is 2.48. The Kier molecular flexibility index (Phi) is 9.09. The molecule has 230 valence electrons. The summed E-state index contributed by atoms with van der Waals surface area (Å²) in [7, 11) is 1.32. The van der Waals surface area contributed by atoms with Gasteiger partial charge < -0.3 is 25.8 Å². The van der Waals surface area contributed by atoms with Gasteiger partial charge in [-0.3, -0.25) is 28.8 Å². The third-order valence-electron chi connectivity index (χ3n) is 9.02. The Morgan fingerprint density at radius 1 is 1.05 bits per heavy atom. The van der Waals surface area contributed by atoms with Crippen LogP contribution in [0.15, 0.2) is 23.1 Å². The molecule has 2 aromatic rings. The normalized spacial score (nSPS) is 24.2. The minimum atomic E-state index is -1.23. The Balaban J connectivity index is 1.25. The summed E-state index contributed by atoms with van der Waals surface area (Å²) in [6.07, 6.45) is 6.98. The monoisotopic (exact) mass is 610 g/mol. The van der Waals surface area contributed by atoms with Crippen molar-refractivity contribution in [2.45, 2.75) is 77.4 Å². The van der Waals surface area contributed by atoms with E-state index in [1.54, 1.807) is 19.9 Å². The second-order valence-corrected chi connectivity index (χ2v) is 13.3.